The van der Waals surface area contributed by atoms with Crippen LogP contribution in [0.15, 0.2) is 72.8 Å². The Morgan fingerprint density at radius 2 is 1.38 bits per heavy atom. The summed E-state index contributed by atoms with van der Waals surface area (Å²) in [6, 6.07) is 20.8. The number of nitrogens with zero attached hydrogens (tertiary/aromatic N) is 1. The number of amides is 2. The van der Waals surface area contributed by atoms with Crippen LogP contribution in [0.1, 0.15) is 21.0 Å². The minimum Gasteiger partial charge on any atom is -0.495 e. The molecule has 0 spiro atoms. The van der Waals surface area contributed by atoms with Crippen LogP contribution in [-0.4, -0.2) is 23.9 Å². The molecule has 0 saturated heterocycles. The van der Waals surface area contributed by atoms with Crippen molar-refractivity contribution in [2.24, 2.45) is 0 Å². The van der Waals surface area contributed by atoms with Crippen LogP contribution < -0.4 is 15.4 Å². The van der Waals surface area contributed by atoms with Crippen LogP contribution >= 0.6 is 0 Å². The predicted octanol–water partition coefficient (Wildman–Crippen LogP) is 3.59. The van der Waals surface area contributed by atoms with Gasteiger partial charge in [0.1, 0.15) is 17.1 Å². The van der Waals surface area contributed by atoms with Gasteiger partial charge in [-0.25, -0.2) is 4.98 Å². The van der Waals surface area contributed by atoms with E-state index in [4.69, 9.17) is 4.74 Å². The van der Waals surface area contributed by atoms with Crippen LogP contribution in [0.25, 0.3) is 0 Å². The van der Waals surface area contributed by atoms with Gasteiger partial charge in [0.15, 0.2) is 0 Å². The minimum absolute atomic E-state index is 0.136. The molecular formula is C20H17N3O3. The fourth-order valence-corrected chi connectivity index (χ4v) is 2.34. The van der Waals surface area contributed by atoms with Gasteiger partial charge in [0.05, 0.1) is 12.8 Å². The molecule has 130 valence electrons. The number of pyridine rings is 1. The van der Waals surface area contributed by atoms with Crippen molar-refractivity contribution in [3.05, 3.63) is 84.2 Å². The van der Waals surface area contributed by atoms with Crippen molar-refractivity contribution < 1.29 is 14.3 Å². The molecule has 0 atom stereocenters. The monoisotopic (exact) mass is 347 g/mol. The zero-order valence-electron chi connectivity index (χ0n) is 14.1. The number of ether oxygens (including phenoxy) is 1. The molecule has 0 aliphatic rings. The molecule has 0 aliphatic carbocycles. The lowest BCUT2D eigenvalue weighted by atomic mass is 10.2. The first-order chi connectivity index (χ1) is 12.7. The first kappa shape index (κ1) is 17.2. The van der Waals surface area contributed by atoms with Crippen molar-refractivity contribution in [2.75, 3.05) is 17.7 Å². The second-order valence-corrected chi connectivity index (χ2v) is 5.38. The van der Waals surface area contributed by atoms with E-state index < -0.39 is 5.91 Å². The van der Waals surface area contributed by atoms with Gasteiger partial charge in [0.25, 0.3) is 11.8 Å². The molecule has 6 nitrogen and oxygen atoms in total. The zero-order chi connectivity index (χ0) is 18.4. The number of methoxy groups -OCH3 is 1. The Hall–Kier alpha value is -3.67. The molecule has 2 amide bonds. The number of benzene rings is 2. The standard InChI is InChI=1S/C20H17N3O3/c1-26-18-13-6-5-10-15(18)23-20(25)17-12-7-11-16(22-17)19(24)21-14-8-3-2-4-9-14/h2-13H,1H3,(H,21,24)(H,23,25). The van der Waals surface area contributed by atoms with Gasteiger partial charge in [0, 0.05) is 5.69 Å². The Bertz CT molecular complexity index is 926. The number of anilines is 2. The maximum absolute atomic E-state index is 12.5. The second kappa shape index (κ2) is 7.94. The Kier molecular flexibility index (Phi) is 5.24. The average molecular weight is 347 g/mol. The SMILES string of the molecule is COc1ccccc1NC(=O)c1cccc(C(=O)Nc2ccccc2)n1. The van der Waals surface area contributed by atoms with Gasteiger partial charge in [-0.2, -0.15) is 0 Å². The van der Waals surface area contributed by atoms with E-state index in [1.54, 1.807) is 54.6 Å². The molecule has 3 rings (SSSR count). The summed E-state index contributed by atoms with van der Waals surface area (Å²) in [6.45, 7) is 0. The van der Waals surface area contributed by atoms with Gasteiger partial charge in [-0.15, -0.1) is 0 Å². The first-order valence-electron chi connectivity index (χ1n) is 7.95. The van der Waals surface area contributed by atoms with E-state index in [2.05, 4.69) is 15.6 Å². The average Bonchev–Trinajstić information content (AvgIpc) is 2.69. The summed E-state index contributed by atoms with van der Waals surface area (Å²) in [5, 5.41) is 5.47. The van der Waals surface area contributed by atoms with Crippen molar-refractivity contribution in [1.29, 1.82) is 0 Å². The number of hydrogen-bond acceptors (Lipinski definition) is 4. The van der Waals surface area contributed by atoms with Crippen molar-refractivity contribution in [1.82, 2.24) is 4.98 Å². The highest BCUT2D eigenvalue weighted by Gasteiger charge is 2.14. The van der Waals surface area contributed by atoms with E-state index in [0.717, 1.165) is 0 Å². The smallest absolute Gasteiger partial charge is 0.274 e. The van der Waals surface area contributed by atoms with Crippen LogP contribution in [0, 0.1) is 0 Å². The van der Waals surface area contributed by atoms with Crippen molar-refractivity contribution in [3.8, 4) is 5.75 Å². The van der Waals surface area contributed by atoms with Gasteiger partial charge in [-0.1, -0.05) is 36.4 Å². The first-order valence-corrected chi connectivity index (χ1v) is 7.95. The Labute approximate surface area is 150 Å². The maximum atomic E-state index is 12.5. The molecular weight excluding hydrogens is 330 g/mol. The Balaban J connectivity index is 1.76. The van der Waals surface area contributed by atoms with E-state index in [9.17, 15) is 9.59 Å². The number of rotatable bonds is 5. The molecule has 6 heteroatoms. The van der Waals surface area contributed by atoms with Crippen molar-refractivity contribution in [3.63, 3.8) is 0 Å². The summed E-state index contributed by atoms with van der Waals surface area (Å²) < 4.78 is 5.21. The number of carbonyl (C=O) groups excluding carboxylic acids is 2. The number of carbonyl (C=O) groups is 2. The fourth-order valence-electron chi connectivity index (χ4n) is 2.34. The van der Waals surface area contributed by atoms with Gasteiger partial charge >= 0.3 is 0 Å². The molecule has 2 aromatic carbocycles. The molecule has 2 N–H and O–H groups in total. The molecule has 3 aromatic rings. The quantitative estimate of drug-likeness (QED) is 0.739. The summed E-state index contributed by atoms with van der Waals surface area (Å²) in [5.74, 6) is -0.272. The molecule has 0 radical (unpaired) electrons. The van der Waals surface area contributed by atoms with Gasteiger partial charge in [0.2, 0.25) is 0 Å². The topological polar surface area (TPSA) is 80.3 Å². The normalized spacial score (nSPS) is 10.0. The van der Waals surface area contributed by atoms with E-state index in [1.807, 2.05) is 18.2 Å². The number of hydrogen-bond donors (Lipinski definition) is 2. The molecule has 0 unspecified atom stereocenters. The van der Waals surface area contributed by atoms with Gasteiger partial charge in [-0.05, 0) is 36.4 Å². The summed E-state index contributed by atoms with van der Waals surface area (Å²) in [4.78, 5) is 28.9. The lowest BCUT2D eigenvalue weighted by Crippen LogP contribution is -2.18. The van der Waals surface area contributed by atoms with Crippen LogP contribution in [0.4, 0.5) is 11.4 Å². The highest BCUT2D eigenvalue weighted by Crippen LogP contribution is 2.23. The van der Waals surface area contributed by atoms with E-state index in [0.29, 0.717) is 17.1 Å². The highest BCUT2D eigenvalue weighted by atomic mass is 16.5. The van der Waals surface area contributed by atoms with E-state index >= 15 is 0 Å². The molecule has 1 aromatic heterocycles. The molecule has 0 aliphatic heterocycles. The Morgan fingerprint density at radius 3 is 2.08 bits per heavy atom. The highest BCUT2D eigenvalue weighted by molar-refractivity contribution is 6.06. The van der Waals surface area contributed by atoms with E-state index in [1.165, 1.54) is 7.11 Å². The zero-order valence-corrected chi connectivity index (χ0v) is 14.1. The third kappa shape index (κ3) is 4.05. The van der Waals surface area contributed by atoms with Crippen molar-refractivity contribution >= 4 is 23.2 Å². The van der Waals surface area contributed by atoms with E-state index in [-0.39, 0.29) is 17.3 Å². The van der Waals surface area contributed by atoms with Gasteiger partial charge < -0.3 is 15.4 Å². The minimum atomic E-state index is -0.427. The molecule has 0 bridgehead atoms. The number of para-hydroxylation sites is 3. The fraction of sp³-hybridized carbons (Fsp3) is 0.0500. The largest absolute Gasteiger partial charge is 0.495 e. The summed E-state index contributed by atoms with van der Waals surface area (Å²) >= 11 is 0. The van der Waals surface area contributed by atoms with Crippen LogP contribution in [0.3, 0.4) is 0 Å². The number of aromatic nitrogens is 1. The second-order valence-electron chi connectivity index (χ2n) is 5.38. The number of nitrogens with one attached hydrogen (secondary N) is 2. The third-order valence-electron chi connectivity index (χ3n) is 3.60. The summed E-state index contributed by atoms with van der Waals surface area (Å²) in [6.07, 6.45) is 0. The maximum Gasteiger partial charge on any atom is 0.274 e. The molecule has 26 heavy (non-hydrogen) atoms. The summed E-state index contributed by atoms with van der Waals surface area (Å²) in [5.41, 5.74) is 1.47. The predicted molar refractivity (Wildman–Crippen MR) is 99.6 cm³/mol. The Morgan fingerprint density at radius 1 is 0.769 bits per heavy atom. The lowest BCUT2D eigenvalue weighted by molar-refractivity contribution is 0.101. The van der Waals surface area contributed by atoms with Crippen molar-refractivity contribution in [2.45, 2.75) is 0 Å². The molecule has 1 heterocycles. The molecule has 0 saturated carbocycles. The van der Waals surface area contributed by atoms with Gasteiger partial charge in [-0.3, -0.25) is 9.59 Å². The summed E-state index contributed by atoms with van der Waals surface area (Å²) in [7, 11) is 1.53. The van der Waals surface area contributed by atoms with Crippen LogP contribution in [0.5, 0.6) is 5.75 Å². The lowest BCUT2D eigenvalue weighted by Gasteiger charge is -2.10. The van der Waals surface area contributed by atoms with Crippen LogP contribution in [-0.2, 0) is 0 Å². The van der Waals surface area contributed by atoms with Crippen LogP contribution in [0.2, 0.25) is 0 Å². The molecule has 0 fully saturated rings. The third-order valence-corrected chi connectivity index (χ3v) is 3.60.